The Morgan fingerprint density at radius 3 is 2.77 bits per heavy atom. The molecule has 1 aliphatic heterocycles. The first-order valence-electron chi connectivity index (χ1n) is 6.31. The Kier molecular flexibility index (Phi) is 3.73. The van der Waals surface area contributed by atoms with Crippen LogP contribution in [0.5, 0.6) is 0 Å². The Morgan fingerprint density at radius 2 is 2.09 bits per heavy atom. The number of pyridine rings is 2. The summed E-state index contributed by atoms with van der Waals surface area (Å²) in [6, 6.07) is 3.48. The van der Waals surface area contributed by atoms with Gasteiger partial charge in [0.15, 0.2) is 9.84 Å². The first-order valence-corrected chi connectivity index (χ1v) is 8.34. The average molecular weight is 346 g/mol. The van der Waals surface area contributed by atoms with Crippen LogP contribution >= 0.6 is 11.6 Å². The van der Waals surface area contributed by atoms with Gasteiger partial charge in [-0.25, -0.2) is 8.42 Å². The molecule has 3 rings (SSSR count). The zero-order valence-electron chi connectivity index (χ0n) is 11.1. The quantitative estimate of drug-likeness (QED) is 0.781. The van der Waals surface area contributed by atoms with Gasteiger partial charge in [-0.3, -0.25) is 4.98 Å². The van der Waals surface area contributed by atoms with Gasteiger partial charge in [0.05, 0.1) is 5.75 Å². The molecule has 22 heavy (non-hydrogen) atoms. The summed E-state index contributed by atoms with van der Waals surface area (Å²) in [6.07, 6.45) is 3.17. The van der Waals surface area contributed by atoms with Crippen molar-refractivity contribution in [3.05, 3.63) is 47.0 Å². The second kappa shape index (κ2) is 5.44. The van der Waals surface area contributed by atoms with Crippen LogP contribution in [0.3, 0.4) is 0 Å². The SMILES string of the molecule is O=S1(=O)CCN(Cc2cccnc2)c2c(F)nc(F)c(Cl)c21. The summed E-state index contributed by atoms with van der Waals surface area (Å²) in [5.41, 5.74) is 0.467. The molecule has 0 saturated heterocycles. The van der Waals surface area contributed by atoms with E-state index in [2.05, 4.69) is 9.97 Å². The molecule has 1 aliphatic rings. The molecule has 0 fully saturated rings. The van der Waals surface area contributed by atoms with Crippen LogP contribution in [0.1, 0.15) is 5.56 Å². The number of anilines is 1. The van der Waals surface area contributed by atoms with Crippen LogP contribution in [0.2, 0.25) is 5.02 Å². The van der Waals surface area contributed by atoms with Gasteiger partial charge in [-0.15, -0.1) is 0 Å². The molecular weight excluding hydrogens is 336 g/mol. The molecule has 0 aromatic carbocycles. The molecule has 0 saturated carbocycles. The van der Waals surface area contributed by atoms with Crippen molar-refractivity contribution in [2.24, 2.45) is 0 Å². The normalized spacial score (nSPS) is 16.4. The molecule has 9 heteroatoms. The number of aromatic nitrogens is 2. The summed E-state index contributed by atoms with van der Waals surface area (Å²) < 4.78 is 51.8. The maximum Gasteiger partial charge on any atom is 0.240 e. The molecule has 0 bridgehead atoms. The first kappa shape index (κ1) is 15.1. The average Bonchev–Trinajstić information content (AvgIpc) is 2.47. The lowest BCUT2D eigenvalue weighted by Crippen LogP contribution is -2.36. The highest BCUT2D eigenvalue weighted by molar-refractivity contribution is 7.91. The Bertz CT molecular complexity index is 831. The minimum Gasteiger partial charge on any atom is -0.361 e. The number of hydrogen-bond donors (Lipinski definition) is 0. The second-order valence-corrected chi connectivity index (χ2v) is 7.21. The van der Waals surface area contributed by atoms with E-state index in [0.717, 1.165) is 5.56 Å². The summed E-state index contributed by atoms with van der Waals surface area (Å²) in [6.45, 7) is 0.279. The molecule has 0 aliphatic carbocycles. The van der Waals surface area contributed by atoms with Crippen molar-refractivity contribution in [2.75, 3.05) is 17.2 Å². The van der Waals surface area contributed by atoms with E-state index in [0.29, 0.717) is 0 Å². The van der Waals surface area contributed by atoms with Gasteiger partial charge in [-0.1, -0.05) is 17.7 Å². The monoisotopic (exact) mass is 345 g/mol. The molecule has 5 nitrogen and oxygen atoms in total. The maximum atomic E-state index is 14.1. The molecule has 2 aromatic heterocycles. The lowest BCUT2D eigenvalue weighted by atomic mass is 10.2. The van der Waals surface area contributed by atoms with Crippen molar-refractivity contribution in [2.45, 2.75) is 11.4 Å². The van der Waals surface area contributed by atoms with Gasteiger partial charge >= 0.3 is 0 Å². The summed E-state index contributed by atoms with van der Waals surface area (Å²) in [7, 11) is -3.85. The maximum absolute atomic E-state index is 14.1. The largest absolute Gasteiger partial charge is 0.361 e. The predicted octanol–water partition coefficient (Wildman–Crippen LogP) is 2.20. The third kappa shape index (κ3) is 2.52. The standard InChI is InChI=1S/C13H10ClF2N3O2S/c14-9-11-10(13(16)18-12(9)15)19(4-5-22(11,20)21)7-8-2-1-3-17-6-8/h1-3,6H,4-5,7H2. The highest BCUT2D eigenvalue weighted by Gasteiger charge is 2.36. The van der Waals surface area contributed by atoms with E-state index < -0.39 is 31.7 Å². The second-order valence-electron chi connectivity index (χ2n) is 4.79. The highest BCUT2D eigenvalue weighted by Crippen LogP contribution is 2.39. The van der Waals surface area contributed by atoms with E-state index in [-0.39, 0.29) is 24.5 Å². The zero-order valence-corrected chi connectivity index (χ0v) is 12.7. The molecule has 0 unspecified atom stereocenters. The highest BCUT2D eigenvalue weighted by atomic mass is 35.5. The third-order valence-corrected chi connectivity index (χ3v) is 5.54. The van der Waals surface area contributed by atoms with E-state index in [4.69, 9.17) is 11.6 Å². The van der Waals surface area contributed by atoms with Crippen LogP contribution in [0.4, 0.5) is 14.5 Å². The first-order chi connectivity index (χ1) is 10.4. The molecule has 0 atom stereocenters. The summed E-state index contributed by atoms with van der Waals surface area (Å²) in [5, 5.41) is -0.674. The van der Waals surface area contributed by atoms with Gasteiger partial charge in [-0.05, 0) is 11.6 Å². The number of fused-ring (bicyclic) bond motifs is 1. The van der Waals surface area contributed by atoms with Crippen molar-refractivity contribution in [1.29, 1.82) is 0 Å². The van der Waals surface area contributed by atoms with Gasteiger partial charge in [0.25, 0.3) is 0 Å². The molecule has 116 valence electrons. The Hall–Kier alpha value is -1.80. The van der Waals surface area contributed by atoms with E-state index in [1.54, 1.807) is 24.5 Å². The van der Waals surface area contributed by atoms with Crippen molar-refractivity contribution >= 4 is 27.1 Å². The van der Waals surface area contributed by atoms with Gasteiger partial charge < -0.3 is 4.90 Å². The number of halogens is 3. The zero-order chi connectivity index (χ0) is 15.9. The van der Waals surface area contributed by atoms with Gasteiger partial charge in [0.1, 0.15) is 15.6 Å². The Balaban J connectivity index is 2.14. The number of nitrogens with zero attached hydrogens (tertiary/aromatic N) is 3. The molecular formula is C13H10ClF2N3O2S. The summed E-state index contributed by atoms with van der Waals surface area (Å²) in [4.78, 5) is 7.95. The van der Waals surface area contributed by atoms with E-state index in [1.165, 1.54) is 4.90 Å². The van der Waals surface area contributed by atoms with Crippen LogP contribution in [0.25, 0.3) is 0 Å². The summed E-state index contributed by atoms with van der Waals surface area (Å²) in [5.74, 6) is -2.79. The number of sulfone groups is 1. The van der Waals surface area contributed by atoms with Crippen molar-refractivity contribution < 1.29 is 17.2 Å². The van der Waals surface area contributed by atoms with Crippen LogP contribution in [-0.2, 0) is 16.4 Å². The molecule has 0 radical (unpaired) electrons. The van der Waals surface area contributed by atoms with Crippen molar-refractivity contribution in [3.63, 3.8) is 0 Å². The third-order valence-electron chi connectivity index (χ3n) is 3.34. The van der Waals surface area contributed by atoms with E-state index in [9.17, 15) is 17.2 Å². The van der Waals surface area contributed by atoms with Crippen molar-refractivity contribution in [1.82, 2.24) is 9.97 Å². The lowest BCUT2D eigenvalue weighted by Gasteiger charge is -2.31. The number of rotatable bonds is 2. The lowest BCUT2D eigenvalue weighted by molar-refractivity contribution is 0.498. The van der Waals surface area contributed by atoms with E-state index >= 15 is 0 Å². The van der Waals surface area contributed by atoms with Crippen LogP contribution < -0.4 is 4.90 Å². The van der Waals surface area contributed by atoms with E-state index in [1.807, 2.05) is 0 Å². The Morgan fingerprint density at radius 1 is 1.32 bits per heavy atom. The van der Waals surface area contributed by atoms with Crippen molar-refractivity contribution in [3.8, 4) is 0 Å². The minimum absolute atomic E-state index is 0.0603. The number of hydrogen-bond acceptors (Lipinski definition) is 5. The topological polar surface area (TPSA) is 63.2 Å². The fourth-order valence-electron chi connectivity index (χ4n) is 2.35. The minimum atomic E-state index is -3.85. The van der Waals surface area contributed by atoms with Gasteiger partial charge in [0.2, 0.25) is 11.9 Å². The summed E-state index contributed by atoms with van der Waals surface area (Å²) >= 11 is 5.71. The molecule has 3 heterocycles. The van der Waals surface area contributed by atoms with Crippen LogP contribution in [0, 0.1) is 11.9 Å². The fourth-order valence-corrected chi connectivity index (χ4v) is 4.37. The predicted molar refractivity (Wildman–Crippen MR) is 76.5 cm³/mol. The molecule has 2 aromatic rings. The Labute approximate surface area is 130 Å². The van der Waals surface area contributed by atoms with Gasteiger partial charge in [0, 0.05) is 25.5 Å². The molecule has 0 spiro atoms. The fraction of sp³-hybridized carbons (Fsp3) is 0.231. The van der Waals surface area contributed by atoms with Gasteiger partial charge in [-0.2, -0.15) is 13.8 Å². The molecule has 0 N–H and O–H groups in total. The van der Waals surface area contributed by atoms with Crippen LogP contribution in [-0.4, -0.2) is 30.7 Å². The van der Waals surface area contributed by atoms with Crippen LogP contribution in [0.15, 0.2) is 29.4 Å². The smallest absolute Gasteiger partial charge is 0.240 e. The molecule has 0 amide bonds.